The van der Waals surface area contributed by atoms with Gasteiger partial charge in [0.1, 0.15) is 5.82 Å². The lowest BCUT2D eigenvalue weighted by Crippen LogP contribution is -2.49. The van der Waals surface area contributed by atoms with E-state index >= 15 is 0 Å². The molecule has 0 atom stereocenters. The molecule has 0 unspecified atom stereocenters. The summed E-state index contributed by atoms with van der Waals surface area (Å²) in [4.78, 5) is 9.10. The van der Waals surface area contributed by atoms with E-state index < -0.39 is 0 Å². The van der Waals surface area contributed by atoms with Crippen LogP contribution in [0.2, 0.25) is 0 Å². The molecule has 2 aliphatic heterocycles. The van der Waals surface area contributed by atoms with E-state index in [2.05, 4.69) is 19.9 Å². The van der Waals surface area contributed by atoms with Crippen LogP contribution in [0.3, 0.4) is 0 Å². The van der Waals surface area contributed by atoms with Gasteiger partial charge in [-0.1, -0.05) is 33.8 Å². The van der Waals surface area contributed by atoms with Crippen LogP contribution in [0.5, 0.6) is 0 Å². The van der Waals surface area contributed by atoms with E-state index in [4.69, 9.17) is 9.26 Å². The topological polar surface area (TPSA) is 54.6 Å². The maximum absolute atomic E-state index is 14.4. The molecular weight excluding hydrogens is 371 g/mol. The lowest BCUT2D eigenvalue weighted by molar-refractivity contribution is 0.0114. The Hall–Kier alpha value is -1.99. The quantitative estimate of drug-likeness (QED) is 0.756. The Bertz CT molecular complexity index is 766. The van der Waals surface area contributed by atoms with Crippen LogP contribution in [0.15, 0.2) is 22.7 Å². The molecule has 0 saturated carbocycles. The summed E-state index contributed by atoms with van der Waals surface area (Å²) in [5.74, 6) is 0.757. The summed E-state index contributed by atoms with van der Waals surface area (Å²) in [6, 6.07) is 5.79. The van der Waals surface area contributed by atoms with E-state index in [1.165, 1.54) is 0 Å². The Morgan fingerprint density at radius 1 is 1.07 bits per heavy atom. The zero-order valence-electron chi connectivity index (χ0n) is 18.0. The highest BCUT2D eigenvalue weighted by Crippen LogP contribution is 2.28. The Kier molecular flexibility index (Phi) is 7.61. The van der Waals surface area contributed by atoms with Crippen LogP contribution in [0, 0.1) is 5.82 Å². The number of hydrogen-bond donors (Lipinski definition) is 0. The zero-order valence-corrected chi connectivity index (χ0v) is 18.0. The molecule has 160 valence electrons. The van der Waals surface area contributed by atoms with Gasteiger partial charge in [0.25, 0.3) is 11.8 Å². The van der Waals surface area contributed by atoms with Crippen molar-refractivity contribution >= 4 is 5.95 Å². The third kappa shape index (κ3) is 5.14. The predicted octanol–water partition coefficient (Wildman–Crippen LogP) is 4.33. The lowest BCUT2D eigenvalue weighted by Gasteiger charge is -2.39. The summed E-state index contributed by atoms with van der Waals surface area (Å²) in [6.45, 7) is 13.5. The third-order valence-electron chi connectivity index (χ3n) is 5.61. The van der Waals surface area contributed by atoms with Gasteiger partial charge in [-0.15, -0.1) is 0 Å². The van der Waals surface area contributed by atoms with Crippen molar-refractivity contribution in [3.63, 3.8) is 0 Å². The fourth-order valence-electron chi connectivity index (χ4n) is 3.89. The second kappa shape index (κ2) is 10.2. The second-order valence-corrected chi connectivity index (χ2v) is 7.66. The number of nitrogens with zero attached hydrogens (tertiary/aromatic N) is 4. The molecule has 0 spiro atoms. The average molecular weight is 405 g/mol. The molecule has 0 amide bonds. The summed E-state index contributed by atoms with van der Waals surface area (Å²) in [7, 11) is 0. The molecule has 1 aromatic carbocycles. The molecule has 0 aliphatic carbocycles. The van der Waals surface area contributed by atoms with Gasteiger partial charge in [-0.25, -0.2) is 4.39 Å². The summed E-state index contributed by atoms with van der Waals surface area (Å²) in [5, 5.41) is 4.09. The molecule has 0 radical (unpaired) electrons. The molecule has 4 rings (SSSR count). The highest BCUT2D eigenvalue weighted by Gasteiger charge is 2.28. The molecule has 0 bridgehead atoms. The molecule has 2 aromatic rings. The first-order valence-electron chi connectivity index (χ1n) is 10.8. The first-order chi connectivity index (χ1) is 14.1. The Balaban J connectivity index is 0.00000117. The van der Waals surface area contributed by atoms with E-state index in [1.807, 2.05) is 33.8 Å². The summed E-state index contributed by atoms with van der Waals surface area (Å²) < 4.78 is 25.2. The minimum atomic E-state index is -0.317. The SMILES string of the molecule is CC.CC(C)c1ccc(-c2nc(N3CCC(N4CCOCC4)CC3)no2)c(F)c1. The fraction of sp³-hybridized carbons (Fsp3) is 0.636. The van der Waals surface area contributed by atoms with E-state index in [1.54, 1.807) is 12.1 Å². The Morgan fingerprint density at radius 3 is 2.38 bits per heavy atom. The number of rotatable bonds is 4. The normalized spacial score (nSPS) is 18.6. The van der Waals surface area contributed by atoms with Crippen molar-refractivity contribution in [2.75, 3.05) is 44.3 Å². The molecule has 0 N–H and O–H groups in total. The number of aromatic nitrogens is 2. The zero-order chi connectivity index (χ0) is 20.8. The highest BCUT2D eigenvalue weighted by molar-refractivity contribution is 5.56. The lowest BCUT2D eigenvalue weighted by atomic mass is 10.0. The number of halogens is 1. The minimum absolute atomic E-state index is 0.244. The van der Waals surface area contributed by atoms with Crippen molar-refractivity contribution in [2.24, 2.45) is 0 Å². The Morgan fingerprint density at radius 2 is 1.76 bits per heavy atom. The minimum Gasteiger partial charge on any atom is -0.379 e. The van der Waals surface area contributed by atoms with Crippen molar-refractivity contribution in [3.05, 3.63) is 29.6 Å². The summed E-state index contributed by atoms with van der Waals surface area (Å²) in [5.41, 5.74) is 1.32. The predicted molar refractivity (Wildman–Crippen MR) is 113 cm³/mol. The second-order valence-electron chi connectivity index (χ2n) is 7.66. The number of anilines is 1. The summed E-state index contributed by atoms with van der Waals surface area (Å²) >= 11 is 0. The van der Waals surface area contributed by atoms with Crippen molar-refractivity contribution in [2.45, 2.75) is 52.5 Å². The molecule has 7 heteroatoms. The average Bonchev–Trinajstić information content (AvgIpc) is 3.26. The van der Waals surface area contributed by atoms with E-state index in [0.29, 0.717) is 17.6 Å². The van der Waals surface area contributed by atoms with Gasteiger partial charge in [0.05, 0.1) is 18.8 Å². The summed E-state index contributed by atoms with van der Waals surface area (Å²) in [6.07, 6.45) is 2.14. The van der Waals surface area contributed by atoms with E-state index in [-0.39, 0.29) is 17.6 Å². The standard InChI is InChI=1S/C20H27FN4O2.C2H6/c1-14(2)15-3-4-17(18(21)13-15)19-22-20(23-27-19)25-7-5-16(6-8-25)24-9-11-26-12-10-24;1-2/h3-4,13-14,16H,5-12H2,1-2H3;1-2H3. The van der Waals surface area contributed by atoms with Crippen LogP contribution in [0.4, 0.5) is 10.3 Å². The maximum Gasteiger partial charge on any atom is 0.266 e. The van der Waals surface area contributed by atoms with Gasteiger partial charge < -0.3 is 14.2 Å². The van der Waals surface area contributed by atoms with Gasteiger partial charge >= 0.3 is 0 Å². The molecule has 3 heterocycles. The maximum atomic E-state index is 14.4. The number of benzene rings is 1. The van der Waals surface area contributed by atoms with Crippen molar-refractivity contribution in [1.29, 1.82) is 0 Å². The van der Waals surface area contributed by atoms with Crippen molar-refractivity contribution < 1.29 is 13.7 Å². The smallest absolute Gasteiger partial charge is 0.266 e. The monoisotopic (exact) mass is 404 g/mol. The molecule has 2 aliphatic rings. The van der Waals surface area contributed by atoms with Crippen LogP contribution in [0.1, 0.15) is 52.0 Å². The van der Waals surface area contributed by atoms with Crippen molar-refractivity contribution in [1.82, 2.24) is 15.0 Å². The van der Waals surface area contributed by atoms with Gasteiger partial charge in [0.15, 0.2) is 0 Å². The van der Waals surface area contributed by atoms with Crippen molar-refractivity contribution in [3.8, 4) is 11.5 Å². The number of morpholine rings is 1. The first kappa shape index (κ1) is 21.7. The van der Waals surface area contributed by atoms with Crippen LogP contribution in [0.25, 0.3) is 11.5 Å². The van der Waals surface area contributed by atoms with Gasteiger partial charge in [-0.3, -0.25) is 4.90 Å². The molecule has 2 saturated heterocycles. The van der Waals surface area contributed by atoms with Crippen LogP contribution < -0.4 is 4.90 Å². The van der Waals surface area contributed by atoms with Gasteiger partial charge in [-0.05, 0) is 41.6 Å². The van der Waals surface area contributed by atoms with Gasteiger partial charge in [-0.2, -0.15) is 4.98 Å². The molecule has 2 fully saturated rings. The third-order valence-corrected chi connectivity index (χ3v) is 5.61. The van der Waals surface area contributed by atoms with Crippen LogP contribution in [-0.4, -0.2) is 60.5 Å². The molecular formula is C22H33FN4O2. The van der Waals surface area contributed by atoms with E-state index in [0.717, 1.165) is 57.8 Å². The molecule has 29 heavy (non-hydrogen) atoms. The number of piperidine rings is 1. The van der Waals surface area contributed by atoms with Gasteiger partial charge in [0, 0.05) is 32.2 Å². The molecule has 6 nitrogen and oxygen atoms in total. The highest BCUT2D eigenvalue weighted by atomic mass is 19.1. The van der Waals surface area contributed by atoms with E-state index in [9.17, 15) is 4.39 Å². The first-order valence-corrected chi connectivity index (χ1v) is 10.8. The fourth-order valence-corrected chi connectivity index (χ4v) is 3.89. The number of ether oxygens (including phenoxy) is 1. The largest absolute Gasteiger partial charge is 0.379 e. The van der Waals surface area contributed by atoms with Crippen LogP contribution in [-0.2, 0) is 4.74 Å². The van der Waals surface area contributed by atoms with Gasteiger partial charge in [0.2, 0.25) is 0 Å². The van der Waals surface area contributed by atoms with Crippen LogP contribution >= 0.6 is 0 Å². The Labute approximate surface area is 173 Å². The molecule has 1 aromatic heterocycles. The number of hydrogen-bond acceptors (Lipinski definition) is 6.